The third kappa shape index (κ3) is 3.60. The van der Waals surface area contributed by atoms with Crippen LogP contribution in [-0.2, 0) is 9.53 Å². The molecule has 0 aliphatic heterocycles. The fraction of sp³-hybridized carbons (Fsp3) is 0.278. The van der Waals surface area contributed by atoms with Crippen molar-refractivity contribution in [2.24, 2.45) is 0 Å². The summed E-state index contributed by atoms with van der Waals surface area (Å²) in [5, 5.41) is 1.86. The number of rotatable bonds is 6. The highest BCUT2D eigenvalue weighted by Gasteiger charge is 2.17. The first-order chi connectivity index (χ1) is 11.7. The zero-order valence-corrected chi connectivity index (χ0v) is 15.2. The highest BCUT2D eigenvalue weighted by atomic mass is 32.2. The molecule has 0 unspecified atom stereocenters. The molecule has 24 heavy (non-hydrogen) atoms. The molecule has 2 heterocycles. The normalized spacial score (nSPS) is 10.9. The van der Waals surface area contributed by atoms with Crippen LogP contribution in [0.1, 0.15) is 18.2 Å². The molecule has 0 fully saturated rings. The largest absolute Gasteiger partial charge is 0.465 e. The van der Waals surface area contributed by atoms with E-state index < -0.39 is 0 Å². The van der Waals surface area contributed by atoms with E-state index in [1.165, 1.54) is 16.6 Å². The summed E-state index contributed by atoms with van der Waals surface area (Å²) >= 11 is 3.07. The van der Waals surface area contributed by atoms with Gasteiger partial charge in [-0.2, -0.15) is 0 Å². The lowest BCUT2D eigenvalue weighted by atomic mass is 10.0. The molecule has 0 saturated carbocycles. The van der Waals surface area contributed by atoms with Gasteiger partial charge in [0.2, 0.25) is 0 Å². The van der Waals surface area contributed by atoms with E-state index in [1.54, 1.807) is 17.7 Å². The van der Waals surface area contributed by atoms with Crippen LogP contribution in [0.15, 0.2) is 41.7 Å². The Morgan fingerprint density at radius 2 is 2.04 bits per heavy atom. The molecular formula is C18H18N2O2S2. The monoisotopic (exact) mass is 358 g/mol. The van der Waals surface area contributed by atoms with Gasteiger partial charge in [-0.3, -0.25) is 4.79 Å². The first-order valence-electron chi connectivity index (χ1n) is 7.78. The molecule has 2 aromatic heterocycles. The zero-order valence-electron chi connectivity index (χ0n) is 13.6. The number of nitrogens with zero attached hydrogens (tertiary/aromatic N) is 2. The molecule has 0 saturated heterocycles. The topological polar surface area (TPSA) is 52.1 Å². The second-order valence-electron chi connectivity index (χ2n) is 5.27. The van der Waals surface area contributed by atoms with Crippen molar-refractivity contribution in [3.05, 3.63) is 41.5 Å². The van der Waals surface area contributed by atoms with Gasteiger partial charge in [-0.15, -0.1) is 11.3 Å². The smallest absolute Gasteiger partial charge is 0.316 e. The molecule has 0 bridgehead atoms. The van der Waals surface area contributed by atoms with E-state index in [4.69, 9.17) is 4.74 Å². The summed E-state index contributed by atoms with van der Waals surface area (Å²) in [4.78, 5) is 22.8. The molecular weight excluding hydrogens is 340 g/mol. The molecule has 0 atom stereocenters. The minimum Gasteiger partial charge on any atom is -0.465 e. The Kier molecular flexibility index (Phi) is 5.48. The van der Waals surface area contributed by atoms with Crippen molar-refractivity contribution >= 4 is 39.3 Å². The third-order valence-electron chi connectivity index (χ3n) is 3.49. The number of ether oxygens (including phenoxy) is 1. The van der Waals surface area contributed by atoms with Crippen molar-refractivity contribution in [2.45, 2.75) is 25.3 Å². The number of hydrogen-bond acceptors (Lipinski definition) is 6. The summed E-state index contributed by atoms with van der Waals surface area (Å²) in [6.45, 7) is 4.54. The first-order valence-corrected chi connectivity index (χ1v) is 9.59. The third-order valence-corrected chi connectivity index (χ3v) is 5.46. The average molecular weight is 358 g/mol. The van der Waals surface area contributed by atoms with E-state index in [0.29, 0.717) is 6.61 Å². The lowest BCUT2D eigenvalue weighted by Crippen LogP contribution is -2.08. The van der Waals surface area contributed by atoms with Gasteiger partial charge in [-0.05, 0) is 18.9 Å². The predicted molar refractivity (Wildman–Crippen MR) is 99.6 cm³/mol. The van der Waals surface area contributed by atoms with Crippen LogP contribution < -0.4 is 0 Å². The minimum absolute atomic E-state index is 0.207. The minimum atomic E-state index is -0.207. The van der Waals surface area contributed by atoms with Crippen molar-refractivity contribution in [1.29, 1.82) is 0 Å². The summed E-state index contributed by atoms with van der Waals surface area (Å²) in [5.41, 5.74) is 2.30. The standard InChI is InChI=1S/C18H18N2O2S2/c1-3-9-22-14(21)10-23-17-16-15(13-7-5-4-6-8-13)12(2)24-18(16)20-11-19-17/h4-8,11H,3,9-10H2,1-2H3. The quantitative estimate of drug-likeness (QED) is 0.363. The molecule has 4 nitrogen and oxygen atoms in total. The number of carbonyl (C=O) groups excluding carboxylic acids is 1. The number of fused-ring (bicyclic) bond motifs is 1. The van der Waals surface area contributed by atoms with Crippen LogP contribution >= 0.6 is 23.1 Å². The van der Waals surface area contributed by atoms with E-state index in [2.05, 4.69) is 29.0 Å². The zero-order chi connectivity index (χ0) is 16.9. The van der Waals surface area contributed by atoms with E-state index in [0.717, 1.165) is 32.8 Å². The van der Waals surface area contributed by atoms with Crippen molar-refractivity contribution in [3.8, 4) is 11.1 Å². The fourth-order valence-corrected chi connectivity index (χ4v) is 4.34. The summed E-state index contributed by atoms with van der Waals surface area (Å²) in [5.74, 6) is 0.0525. The molecule has 1 aromatic carbocycles. The highest BCUT2D eigenvalue weighted by Crippen LogP contribution is 2.41. The summed E-state index contributed by atoms with van der Waals surface area (Å²) < 4.78 is 5.14. The van der Waals surface area contributed by atoms with Gasteiger partial charge in [0.05, 0.1) is 17.7 Å². The lowest BCUT2D eigenvalue weighted by Gasteiger charge is -2.06. The summed E-state index contributed by atoms with van der Waals surface area (Å²) in [6.07, 6.45) is 2.39. The number of esters is 1. The Labute approximate surface area is 149 Å². The van der Waals surface area contributed by atoms with Crippen LogP contribution in [0.4, 0.5) is 0 Å². The Bertz CT molecular complexity index is 847. The Hall–Kier alpha value is -1.92. The van der Waals surface area contributed by atoms with E-state index >= 15 is 0 Å². The van der Waals surface area contributed by atoms with Gasteiger partial charge in [-0.1, -0.05) is 49.0 Å². The molecule has 0 N–H and O–H groups in total. The second kappa shape index (κ2) is 7.77. The van der Waals surface area contributed by atoms with E-state index in [-0.39, 0.29) is 11.7 Å². The highest BCUT2D eigenvalue weighted by molar-refractivity contribution is 8.00. The maximum atomic E-state index is 11.8. The molecule has 0 radical (unpaired) electrons. The van der Waals surface area contributed by atoms with Gasteiger partial charge in [0, 0.05) is 10.4 Å². The molecule has 0 amide bonds. The Morgan fingerprint density at radius 1 is 1.25 bits per heavy atom. The number of carbonyl (C=O) groups is 1. The molecule has 0 aliphatic carbocycles. The SMILES string of the molecule is CCCOC(=O)CSc1ncnc2sc(C)c(-c3ccccc3)c12. The maximum Gasteiger partial charge on any atom is 0.316 e. The number of hydrogen-bond donors (Lipinski definition) is 0. The fourth-order valence-electron chi connectivity index (χ4n) is 2.46. The summed E-state index contributed by atoms with van der Waals surface area (Å²) in [6, 6.07) is 10.2. The van der Waals surface area contributed by atoms with Gasteiger partial charge < -0.3 is 4.74 Å². The lowest BCUT2D eigenvalue weighted by molar-refractivity contribution is -0.140. The van der Waals surface area contributed by atoms with Crippen LogP contribution in [0.5, 0.6) is 0 Å². The number of aryl methyl sites for hydroxylation is 1. The van der Waals surface area contributed by atoms with Crippen molar-refractivity contribution < 1.29 is 9.53 Å². The van der Waals surface area contributed by atoms with Crippen LogP contribution in [-0.4, -0.2) is 28.3 Å². The van der Waals surface area contributed by atoms with Crippen LogP contribution in [0, 0.1) is 6.92 Å². The number of thioether (sulfide) groups is 1. The first kappa shape index (κ1) is 16.9. The number of aromatic nitrogens is 2. The summed E-state index contributed by atoms with van der Waals surface area (Å²) in [7, 11) is 0. The van der Waals surface area contributed by atoms with Gasteiger partial charge in [0.1, 0.15) is 16.2 Å². The van der Waals surface area contributed by atoms with E-state index in [9.17, 15) is 4.79 Å². The van der Waals surface area contributed by atoms with Crippen LogP contribution in [0.2, 0.25) is 0 Å². The van der Waals surface area contributed by atoms with Gasteiger partial charge in [-0.25, -0.2) is 9.97 Å². The number of thiophene rings is 1. The van der Waals surface area contributed by atoms with Gasteiger partial charge >= 0.3 is 5.97 Å². The van der Waals surface area contributed by atoms with E-state index in [1.807, 2.05) is 25.1 Å². The predicted octanol–water partition coefficient (Wildman–Crippen LogP) is 4.71. The van der Waals surface area contributed by atoms with Crippen LogP contribution in [0.25, 0.3) is 21.3 Å². The molecule has 124 valence electrons. The maximum absolute atomic E-state index is 11.8. The molecule has 6 heteroatoms. The molecule has 3 rings (SSSR count). The average Bonchev–Trinajstić information content (AvgIpc) is 2.95. The van der Waals surface area contributed by atoms with Gasteiger partial charge in [0.25, 0.3) is 0 Å². The molecule has 3 aromatic rings. The number of benzene rings is 1. The Balaban J connectivity index is 1.96. The van der Waals surface area contributed by atoms with Crippen LogP contribution in [0.3, 0.4) is 0 Å². The molecule has 0 aliphatic rings. The molecule has 0 spiro atoms. The Morgan fingerprint density at radius 3 is 2.79 bits per heavy atom. The second-order valence-corrected chi connectivity index (χ2v) is 7.43. The van der Waals surface area contributed by atoms with Crippen molar-refractivity contribution in [2.75, 3.05) is 12.4 Å². The van der Waals surface area contributed by atoms with Gasteiger partial charge in [0.15, 0.2) is 0 Å². The van der Waals surface area contributed by atoms with Crippen molar-refractivity contribution in [1.82, 2.24) is 9.97 Å². The van der Waals surface area contributed by atoms with Crippen molar-refractivity contribution in [3.63, 3.8) is 0 Å².